The summed E-state index contributed by atoms with van der Waals surface area (Å²) >= 11 is -1.50. The van der Waals surface area contributed by atoms with Crippen LogP contribution in [0.1, 0.15) is 21.5 Å². The fourth-order valence-corrected chi connectivity index (χ4v) is 2.41. The Labute approximate surface area is 84.7 Å². The number of hydrogen-bond donors (Lipinski definition) is 0. The second kappa shape index (κ2) is 3.20. The van der Waals surface area contributed by atoms with Crippen LogP contribution in [0.25, 0.3) is 0 Å². The Morgan fingerprint density at radius 3 is 2.79 bits per heavy atom. The van der Waals surface area contributed by atoms with Crippen LogP contribution in [-0.2, 0) is 11.1 Å². The number of Topliss-reactive ketones (excluding diaryl/α,β-unsaturated/α-hetero) is 1. The van der Waals surface area contributed by atoms with Crippen molar-refractivity contribution >= 4 is 16.9 Å². The van der Waals surface area contributed by atoms with Crippen LogP contribution in [0, 0.1) is 13.8 Å². The number of carbonyl (C=O) groups excluding carboxylic acids is 1. The van der Waals surface area contributed by atoms with Gasteiger partial charge < -0.3 is 4.18 Å². The summed E-state index contributed by atoms with van der Waals surface area (Å²) in [5.74, 6) is 0.329. The minimum atomic E-state index is -1.50. The molecular formula is C10H10O3S. The summed E-state index contributed by atoms with van der Waals surface area (Å²) in [6.07, 6.45) is 0. The molecule has 0 radical (unpaired) electrons. The van der Waals surface area contributed by atoms with Crippen LogP contribution in [0.3, 0.4) is 0 Å². The quantitative estimate of drug-likeness (QED) is 0.652. The summed E-state index contributed by atoms with van der Waals surface area (Å²) in [4.78, 5) is 11.6. The number of fused-ring (bicyclic) bond motifs is 1. The zero-order valence-corrected chi connectivity index (χ0v) is 8.81. The van der Waals surface area contributed by atoms with Crippen molar-refractivity contribution < 1.29 is 13.2 Å². The number of rotatable bonds is 0. The van der Waals surface area contributed by atoms with E-state index in [1.165, 1.54) is 0 Å². The van der Waals surface area contributed by atoms with Gasteiger partial charge in [-0.2, -0.15) is 0 Å². The van der Waals surface area contributed by atoms with Crippen LogP contribution < -0.4 is 4.18 Å². The molecule has 0 spiro atoms. The highest BCUT2D eigenvalue weighted by atomic mass is 32.2. The van der Waals surface area contributed by atoms with Crippen molar-refractivity contribution in [2.75, 3.05) is 5.75 Å². The van der Waals surface area contributed by atoms with Crippen molar-refractivity contribution in [3.63, 3.8) is 0 Å². The first kappa shape index (κ1) is 9.40. The van der Waals surface area contributed by atoms with E-state index < -0.39 is 11.1 Å². The highest BCUT2D eigenvalue weighted by Crippen LogP contribution is 2.28. The van der Waals surface area contributed by atoms with E-state index in [0.29, 0.717) is 11.3 Å². The van der Waals surface area contributed by atoms with E-state index in [2.05, 4.69) is 0 Å². The lowest BCUT2D eigenvalue weighted by Crippen LogP contribution is -2.23. The standard InChI is InChI=1S/C10H10O3S/c1-6-3-7(2)10-8(11)5-14(12)13-9(10)4-6/h3-4H,5H2,1-2H3. The van der Waals surface area contributed by atoms with Gasteiger partial charge in [0.2, 0.25) is 11.1 Å². The molecule has 1 aliphatic heterocycles. The molecule has 0 saturated heterocycles. The first-order chi connectivity index (χ1) is 6.58. The predicted octanol–water partition coefficient (Wildman–Crippen LogP) is 1.54. The average Bonchev–Trinajstić information content (AvgIpc) is 1.99. The van der Waals surface area contributed by atoms with Crippen LogP contribution in [0.15, 0.2) is 12.1 Å². The number of aryl methyl sites for hydroxylation is 2. The van der Waals surface area contributed by atoms with E-state index in [-0.39, 0.29) is 11.5 Å². The van der Waals surface area contributed by atoms with Crippen LogP contribution in [0.5, 0.6) is 5.75 Å². The van der Waals surface area contributed by atoms with Gasteiger partial charge in [0.15, 0.2) is 11.5 Å². The molecule has 1 unspecified atom stereocenters. The van der Waals surface area contributed by atoms with E-state index >= 15 is 0 Å². The Bertz CT molecular complexity index is 437. The monoisotopic (exact) mass is 210 g/mol. The largest absolute Gasteiger partial charge is 0.399 e. The molecule has 0 aromatic heterocycles. The van der Waals surface area contributed by atoms with Crippen LogP contribution in [0.2, 0.25) is 0 Å². The maximum absolute atomic E-state index is 11.6. The summed E-state index contributed by atoms with van der Waals surface area (Å²) in [6, 6.07) is 3.67. The lowest BCUT2D eigenvalue weighted by molar-refractivity contribution is 0.101. The Hall–Kier alpha value is -1.16. The SMILES string of the molecule is Cc1cc(C)c2c(c1)OS(=O)CC2=O. The van der Waals surface area contributed by atoms with Crippen LogP contribution >= 0.6 is 0 Å². The van der Waals surface area contributed by atoms with E-state index in [1.807, 2.05) is 19.9 Å². The first-order valence-corrected chi connectivity index (χ1v) is 5.53. The molecule has 74 valence electrons. The molecule has 1 atom stereocenters. The Balaban J connectivity index is 2.64. The highest BCUT2D eigenvalue weighted by molar-refractivity contribution is 7.81. The fourth-order valence-electron chi connectivity index (χ4n) is 1.66. The van der Waals surface area contributed by atoms with Gasteiger partial charge in [-0.1, -0.05) is 6.07 Å². The van der Waals surface area contributed by atoms with Gasteiger partial charge in [0, 0.05) is 0 Å². The third-order valence-corrected chi connectivity index (χ3v) is 3.02. The number of carbonyl (C=O) groups is 1. The number of hydrogen-bond acceptors (Lipinski definition) is 3. The second-order valence-electron chi connectivity index (χ2n) is 3.41. The van der Waals surface area contributed by atoms with Crippen molar-refractivity contribution in [2.45, 2.75) is 13.8 Å². The summed E-state index contributed by atoms with van der Waals surface area (Å²) in [6.45, 7) is 3.78. The highest BCUT2D eigenvalue weighted by Gasteiger charge is 2.25. The molecule has 0 fully saturated rings. The van der Waals surface area contributed by atoms with E-state index in [1.54, 1.807) is 6.07 Å². The lowest BCUT2D eigenvalue weighted by Gasteiger charge is -2.17. The van der Waals surface area contributed by atoms with Crippen LogP contribution in [0.4, 0.5) is 0 Å². The summed E-state index contributed by atoms with van der Waals surface area (Å²) in [5.41, 5.74) is 2.48. The molecule has 2 rings (SSSR count). The van der Waals surface area contributed by atoms with Crippen molar-refractivity contribution in [1.29, 1.82) is 0 Å². The van der Waals surface area contributed by atoms with Gasteiger partial charge >= 0.3 is 0 Å². The zero-order valence-electron chi connectivity index (χ0n) is 7.99. The zero-order chi connectivity index (χ0) is 10.3. The minimum absolute atomic E-state index is 0.0309. The van der Waals surface area contributed by atoms with E-state index in [4.69, 9.17) is 4.18 Å². The maximum Gasteiger partial charge on any atom is 0.214 e. The third-order valence-electron chi connectivity index (χ3n) is 2.15. The van der Waals surface area contributed by atoms with Crippen molar-refractivity contribution in [1.82, 2.24) is 0 Å². The topological polar surface area (TPSA) is 43.4 Å². The molecule has 1 aliphatic rings. The van der Waals surface area contributed by atoms with E-state index in [9.17, 15) is 9.00 Å². The number of benzene rings is 1. The number of ketones is 1. The van der Waals surface area contributed by atoms with E-state index in [0.717, 1.165) is 11.1 Å². The van der Waals surface area contributed by atoms with Gasteiger partial charge in [-0.25, -0.2) is 4.21 Å². The smallest absolute Gasteiger partial charge is 0.214 e. The molecule has 1 aromatic rings. The molecule has 0 saturated carbocycles. The molecule has 14 heavy (non-hydrogen) atoms. The van der Waals surface area contributed by atoms with Crippen molar-refractivity contribution in [2.24, 2.45) is 0 Å². The molecular weight excluding hydrogens is 200 g/mol. The first-order valence-electron chi connectivity index (χ1n) is 4.29. The third kappa shape index (κ3) is 1.46. The Morgan fingerprint density at radius 2 is 2.07 bits per heavy atom. The van der Waals surface area contributed by atoms with Gasteiger partial charge in [-0.15, -0.1) is 0 Å². The molecule has 1 heterocycles. The minimum Gasteiger partial charge on any atom is -0.399 e. The molecule has 3 nitrogen and oxygen atoms in total. The summed E-state index contributed by atoms with van der Waals surface area (Å²) in [7, 11) is 0. The van der Waals surface area contributed by atoms with Crippen molar-refractivity contribution in [3.05, 3.63) is 28.8 Å². The van der Waals surface area contributed by atoms with Gasteiger partial charge in [-0.05, 0) is 31.0 Å². The van der Waals surface area contributed by atoms with Gasteiger partial charge in [0.1, 0.15) is 5.75 Å². The van der Waals surface area contributed by atoms with Crippen LogP contribution in [-0.4, -0.2) is 15.7 Å². The summed E-state index contributed by atoms with van der Waals surface area (Å²) in [5, 5.41) is 0. The lowest BCUT2D eigenvalue weighted by atomic mass is 10.0. The normalized spacial score (nSPS) is 20.1. The maximum atomic E-state index is 11.6. The molecule has 0 bridgehead atoms. The molecule has 0 amide bonds. The van der Waals surface area contributed by atoms with Gasteiger partial charge in [0.05, 0.1) is 5.56 Å². The Morgan fingerprint density at radius 1 is 1.36 bits per heavy atom. The average molecular weight is 210 g/mol. The predicted molar refractivity (Wildman–Crippen MR) is 53.9 cm³/mol. The molecule has 0 aliphatic carbocycles. The molecule has 4 heteroatoms. The van der Waals surface area contributed by atoms with Gasteiger partial charge in [0.25, 0.3) is 0 Å². The Kier molecular flexibility index (Phi) is 2.15. The molecule has 0 N–H and O–H groups in total. The van der Waals surface area contributed by atoms with Gasteiger partial charge in [-0.3, -0.25) is 4.79 Å². The second-order valence-corrected chi connectivity index (χ2v) is 4.47. The molecule has 1 aromatic carbocycles. The fraction of sp³-hybridized carbons (Fsp3) is 0.300. The van der Waals surface area contributed by atoms with Crippen molar-refractivity contribution in [3.8, 4) is 5.75 Å². The summed E-state index contributed by atoms with van der Waals surface area (Å²) < 4.78 is 16.2.